The fourth-order valence-corrected chi connectivity index (χ4v) is 2.94. The Morgan fingerprint density at radius 1 is 0.583 bits per heavy atom. The molecule has 119 valence electrons. The van der Waals surface area contributed by atoms with Crippen LogP contribution in [0.25, 0.3) is 45.3 Å². The zero-order valence-corrected chi connectivity index (χ0v) is 13.7. The third-order valence-electron chi connectivity index (χ3n) is 4.03. The predicted molar refractivity (Wildman–Crippen MR) is 95.2 cm³/mol. The third-order valence-corrected chi connectivity index (χ3v) is 4.03. The van der Waals surface area contributed by atoms with Gasteiger partial charge >= 0.3 is 0 Å². The number of nitrogens with zero attached hydrogens (tertiary/aromatic N) is 1. The Bertz CT molecular complexity index is 1180. The quantitative estimate of drug-likeness (QED) is 0.370. The van der Waals surface area contributed by atoms with Crippen LogP contribution in [-0.4, -0.2) is 19.9 Å². The Morgan fingerprint density at radius 2 is 1.12 bits per heavy atom. The predicted octanol–water partition coefficient (Wildman–Crippen LogP) is 4.69. The maximum absolute atomic E-state index is 4.68. The first kappa shape index (κ1) is 14.8. The van der Waals surface area contributed by atoms with Gasteiger partial charge in [-0.3, -0.25) is 0 Å². The van der Waals surface area contributed by atoms with E-state index in [4.69, 9.17) is 0 Å². The minimum absolute atomic E-state index is 0. The van der Waals surface area contributed by atoms with Crippen molar-refractivity contribution in [2.24, 2.45) is 0 Å². The zero-order valence-electron chi connectivity index (χ0n) is 12.6. The minimum Gasteiger partial charge on any atom is -0.355 e. The average molecular weight is 357 g/mol. The molecule has 0 spiro atoms. The summed E-state index contributed by atoms with van der Waals surface area (Å²) in [6, 6.07) is 18.7. The van der Waals surface area contributed by atoms with Crippen molar-refractivity contribution in [1.29, 1.82) is 0 Å². The summed E-state index contributed by atoms with van der Waals surface area (Å²) >= 11 is 0. The number of nitrogens with one attached hydrogen (secondary N) is 3. The molecule has 0 aromatic carbocycles. The minimum atomic E-state index is 0. The summed E-state index contributed by atoms with van der Waals surface area (Å²) in [5.41, 5.74) is 8.22. The SMILES string of the molecule is C1=Cc2nc1cc1ccc(cc3ccc(cc4ccc2[nH]4)[nH]3)[nH]1.[Co]. The Balaban J connectivity index is 0.00000146. The molecule has 1 aliphatic heterocycles. The number of aromatic amines is 3. The molecule has 3 N–H and O–H groups in total. The van der Waals surface area contributed by atoms with Crippen LogP contribution >= 0.6 is 0 Å². The molecule has 0 unspecified atom stereocenters. The van der Waals surface area contributed by atoms with E-state index in [1.807, 2.05) is 12.2 Å². The van der Waals surface area contributed by atoms with Gasteiger partial charge in [-0.05, 0) is 66.7 Å². The summed E-state index contributed by atoms with van der Waals surface area (Å²) in [6.07, 6.45) is 4.07. The standard InChI is InChI=1S/C19H14N4.Co/c1-3-14-10-16-5-7-18(22-16)19-8-6-17(23-19)11-15-4-2-13(21-15)9-12(1)20-14;/h1-11,20-22H;. The molecular weight excluding hydrogens is 343 g/mol. The van der Waals surface area contributed by atoms with Crippen molar-refractivity contribution in [3.8, 4) is 0 Å². The topological polar surface area (TPSA) is 60.3 Å². The monoisotopic (exact) mass is 357 g/mol. The molecule has 5 heterocycles. The Hall–Kier alpha value is -2.76. The molecule has 1 aliphatic rings. The number of aromatic nitrogens is 4. The number of H-pyrrole nitrogens is 3. The Kier molecular flexibility index (Phi) is 3.52. The second kappa shape index (κ2) is 5.70. The largest absolute Gasteiger partial charge is 0.355 e. The van der Waals surface area contributed by atoms with E-state index in [0.29, 0.717) is 0 Å². The van der Waals surface area contributed by atoms with Gasteiger partial charge in [-0.1, -0.05) is 0 Å². The van der Waals surface area contributed by atoms with Gasteiger partial charge in [-0.15, -0.1) is 0 Å². The second-order valence-corrected chi connectivity index (χ2v) is 5.75. The summed E-state index contributed by atoms with van der Waals surface area (Å²) < 4.78 is 0. The van der Waals surface area contributed by atoms with E-state index in [1.165, 1.54) is 0 Å². The van der Waals surface area contributed by atoms with Gasteiger partial charge in [0.15, 0.2) is 0 Å². The molecule has 0 saturated heterocycles. The molecule has 4 nitrogen and oxygen atoms in total. The van der Waals surface area contributed by atoms with E-state index in [9.17, 15) is 0 Å². The van der Waals surface area contributed by atoms with E-state index in [-0.39, 0.29) is 16.8 Å². The van der Waals surface area contributed by atoms with Gasteiger partial charge in [-0.25, -0.2) is 4.98 Å². The van der Waals surface area contributed by atoms with Gasteiger partial charge in [0.25, 0.3) is 0 Å². The number of hydrogen-bond acceptors (Lipinski definition) is 1. The van der Waals surface area contributed by atoms with Gasteiger partial charge in [0.05, 0.1) is 16.9 Å². The van der Waals surface area contributed by atoms with Crippen LogP contribution in [0.5, 0.6) is 0 Å². The van der Waals surface area contributed by atoms with Gasteiger partial charge in [0.2, 0.25) is 0 Å². The van der Waals surface area contributed by atoms with E-state index in [2.05, 4.69) is 74.5 Å². The second-order valence-electron chi connectivity index (χ2n) is 5.75. The first-order valence-corrected chi connectivity index (χ1v) is 7.57. The van der Waals surface area contributed by atoms with E-state index in [0.717, 1.165) is 44.5 Å². The molecule has 0 aliphatic carbocycles. The van der Waals surface area contributed by atoms with Crippen LogP contribution in [0.2, 0.25) is 0 Å². The summed E-state index contributed by atoms with van der Waals surface area (Å²) in [6.45, 7) is 0. The molecule has 0 amide bonds. The van der Waals surface area contributed by atoms with Gasteiger partial charge in [0.1, 0.15) is 0 Å². The Morgan fingerprint density at radius 3 is 1.79 bits per heavy atom. The summed E-state index contributed by atoms with van der Waals surface area (Å²) in [4.78, 5) is 14.9. The number of rotatable bonds is 0. The van der Waals surface area contributed by atoms with E-state index < -0.39 is 0 Å². The van der Waals surface area contributed by atoms with Gasteiger partial charge < -0.3 is 15.0 Å². The molecule has 4 aromatic rings. The molecular formula is C19H14CoN4. The fraction of sp³-hybridized carbons (Fsp3) is 0. The molecule has 0 saturated carbocycles. The van der Waals surface area contributed by atoms with Crippen molar-refractivity contribution in [2.75, 3.05) is 0 Å². The van der Waals surface area contributed by atoms with Crippen molar-refractivity contribution in [3.63, 3.8) is 0 Å². The summed E-state index contributed by atoms with van der Waals surface area (Å²) in [5.74, 6) is 0. The maximum Gasteiger partial charge on any atom is 0.0872 e. The number of fused-ring (bicyclic) bond motifs is 9. The van der Waals surface area contributed by atoms with Crippen molar-refractivity contribution >= 4 is 45.3 Å². The van der Waals surface area contributed by atoms with E-state index >= 15 is 0 Å². The first-order valence-electron chi connectivity index (χ1n) is 7.57. The molecule has 0 fully saturated rings. The first-order chi connectivity index (χ1) is 11.3. The molecule has 24 heavy (non-hydrogen) atoms. The van der Waals surface area contributed by atoms with Crippen LogP contribution in [0.1, 0.15) is 11.4 Å². The van der Waals surface area contributed by atoms with Crippen molar-refractivity contribution in [2.45, 2.75) is 0 Å². The van der Waals surface area contributed by atoms with Gasteiger partial charge in [0, 0.05) is 44.4 Å². The summed E-state index contributed by atoms with van der Waals surface area (Å²) in [7, 11) is 0. The fourth-order valence-electron chi connectivity index (χ4n) is 2.94. The van der Waals surface area contributed by atoms with Crippen LogP contribution in [0, 0.1) is 0 Å². The number of hydrogen-bond donors (Lipinski definition) is 3. The van der Waals surface area contributed by atoms with Crippen molar-refractivity contribution in [3.05, 3.63) is 66.0 Å². The maximum atomic E-state index is 4.68. The van der Waals surface area contributed by atoms with Crippen LogP contribution in [0.3, 0.4) is 0 Å². The Labute approximate surface area is 148 Å². The van der Waals surface area contributed by atoms with Crippen LogP contribution in [0.15, 0.2) is 54.6 Å². The molecule has 8 bridgehead atoms. The van der Waals surface area contributed by atoms with Crippen LogP contribution in [0.4, 0.5) is 0 Å². The van der Waals surface area contributed by atoms with Crippen molar-refractivity contribution in [1.82, 2.24) is 19.9 Å². The smallest absolute Gasteiger partial charge is 0.0872 e. The molecule has 0 atom stereocenters. The summed E-state index contributed by atoms with van der Waals surface area (Å²) in [5, 5.41) is 0. The molecule has 1 radical (unpaired) electrons. The third kappa shape index (κ3) is 2.64. The van der Waals surface area contributed by atoms with Crippen molar-refractivity contribution < 1.29 is 16.8 Å². The zero-order chi connectivity index (χ0) is 15.2. The molecule has 4 aromatic heterocycles. The van der Waals surface area contributed by atoms with E-state index in [1.54, 1.807) is 0 Å². The van der Waals surface area contributed by atoms with Gasteiger partial charge in [-0.2, -0.15) is 0 Å². The average Bonchev–Trinajstić information content (AvgIpc) is 3.28. The molecule has 5 rings (SSSR count). The van der Waals surface area contributed by atoms with Crippen LogP contribution < -0.4 is 0 Å². The molecule has 5 heteroatoms. The normalized spacial score (nSPS) is 11.7. The van der Waals surface area contributed by atoms with Crippen LogP contribution in [-0.2, 0) is 16.8 Å².